The van der Waals surface area contributed by atoms with Gasteiger partial charge in [0.2, 0.25) is 15.9 Å². The van der Waals surface area contributed by atoms with Gasteiger partial charge in [0.25, 0.3) is 0 Å². The maximum absolute atomic E-state index is 12.8. The number of ether oxygens (including phenoxy) is 1. The zero-order valence-electron chi connectivity index (χ0n) is 14.3. The number of alkyl halides is 3. The summed E-state index contributed by atoms with van der Waals surface area (Å²) in [5.41, 5.74) is 0.537. The van der Waals surface area contributed by atoms with Gasteiger partial charge in [-0.05, 0) is 42.0 Å². The molecule has 1 amide bonds. The number of rotatable bonds is 8. The highest BCUT2D eigenvalue weighted by molar-refractivity contribution is 7.89. The van der Waals surface area contributed by atoms with Crippen molar-refractivity contribution in [2.45, 2.75) is 24.2 Å². The summed E-state index contributed by atoms with van der Waals surface area (Å²) >= 11 is 0. The fourth-order valence-electron chi connectivity index (χ4n) is 2.09. The van der Waals surface area contributed by atoms with E-state index in [0.29, 0.717) is 5.56 Å². The van der Waals surface area contributed by atoms with Gasteiger partial charge >= 0.3 is 6.36 Å². The van der Waals surface area contributed by atoms with Crippen LogP contribution in [0, 0.1) is 5.82 Å². The van der Waals surface area contributed by atoms with Crippen molar-refractivity contribution in [1.29, 1.82) is 0 Å². The summed E-state index contributed by atoms with van der Waals surface area (Å²) in [5, 5.41) is 2.51. The third-order valence-corrected chi connectivity index (χ3v) is 4.89. The molecule has 0 spiro atoms. The highest BCUT2D eigenvalue weighted by Gasteiger charge is 2.30. The number of amides is 1. The van der Waals surface area contributed by atoms with Crippen molar-refractivity contribution in [3.8, 4) is 5.75 Å². The molecule has 0 heterocycles. The lowest BCUT2D eigenvalue weighted by Gasteiger charge is -2.10. The highest BCUT2D eigenvalue weighted by atomic mass is 32.2. The molecule has 2 rings (SSSR count). The van der Waals surface area contributed by atoms with Crippen LogP contribution in [0.2, 0.25) is 0 Å². The Morgan fingerprint density at radius 2 is 1.61 bits per heavy atom. The molecular formula is C17H16F4N2O4S. The first kappa shape index (κ1) is 21.6. The molecule has 28 heavy (non-hydrogen) atoms. The standard InChI is InChI=1S/C17H16F4N2O4S/c18-13-3-7-15(8-4-13)28(25,26)23-10-9-16(24)22-11-12-1-5-14(6-2-12)27-17(19,20)21/h1-8,23H,9-11H2,(H,22,24). The summed E-state index contributed by atoms with van der Waals surface area (Å²) in [7, 11) is -3.86. The first-order chi connectivity index (χ1) is 13.0. The van der Waals surface area contributed by atoms with Crippen LogP contribution in [0.3, 0.4) is 0 Å². The summed E-state index contributed by atoms with van der Waals surface area (Å²) in [6.07, 6.45) is -4.94. The second-order valence-corrected chi connectivity index (χ2v) is 7.34. The summed E-state index contributed by atoms with van der Waals surface area (Å²) < 4.78 is 79.0. The summed E-state index contributed by atoms with van der Waals surface area (Å²) in [6.45, 7) is -0.125. The molecule has 0 aliphatic rings. The van der Waals surface area contributed by atoms with Gasteiger partial charge in [0.05, 0.1) is 4.90 Å². The minimum Gasteiger partial charge on any atom is -0.406 e. The van der Waals surface area contributed by atoms with E-state index in [-0.39, 0.29) is 30.2 Å². The van der Waals surface area contributed by atoms with Gasteiger partial charge in [-0.1, -0.05) is 12.1 Å². The zero-order chi connectivity index (χ0) is 20.8. The minimum atomic E-state index is -4.78. The number of sulfonamides is 1. The smallest absolute Gasteiger partial charge is 0.406 e. The van der Waals surface area contributed by atoms with Crippen molar-refractivity contribution in [3.05, 3.63) is 59.9 Å². The fraction of sp³-hybridized carbons (Fsp3) is 0.235. The second-order valence-electron chi connectivity index (χ2n) is 5.57. The van der Waals surface area contributed by atoms with Crippen LogP contribution in [0.1, 0.15) is 12.0 Å². The van der Waals surface area contributed by atoms with Crippen LogP contribution >= 0.6 is 0 Å². The number of carbonyl (C=O) groups is 1. The molecule has 6 nitrogen and oxygen atoms in total. The maximum atomic E-state index is 12.8. The maximum Gasteiger partial charge on any atom is 0.573 e. The predicted molar refractivity (Wildman–Crippen MR) is 91.2 cm³/mol. The number of halogens is 4. The Bertz CT molecular complexity index is 898. The Hall–Kier alpha value is -2.66. The largest absolute Gasteiger partial charge is 0.573 e. The van der Waals surface area contributed by atoms with Crippen LogP contribution in [0.4, 0.5) is 17.6 Å². The molecule has 0 saturated heterocycles. The van der Waals surface area contributed by atoms with E-state index in [0.717, 1.165) is 36.4 Å². The van der Waals surface area contributed by atoms with Crippen LogP contribution in [0.5, 0.6) is 5.75 Å². The topological polar surface area (TPSA) is 84.5 Å². The summed E-state index contributed by atoms with van der Waals surface area (Å²) in [6, 6.07) is 9.17. The SMILES string of the molecule is O=C(CCNS(=O)(=O)c1ccc(F)cc1)NCc1ccc(OC(F)(F)F)cc1. The molecule has 152 valence electrons. The van der Waals surface area contributed by atoms with Crippen molar-refractivity contribution in [3.63, 3.8) is 0 Å². The van der Waals surface area contributed by atoms with Crippen LogP contribution in [-0.2, 0) is 21.4 Å². The Morgan fingerprint density at radius 1 is 1.00 bits per heavy atom. The molecule has 11 heteroatoms. The van der Waals surface area contributed by atoms with Gasteiger partial charge in [-0.3, -0.25) is 4.79 Å². The van der Waals surface area contributed by atoms with E-state index in [2.05, 4.69) is 14.8 Å². The molecule has 0 atom stereocenters. The van der Waals surface area contributed by atoms with Gasteiger partial charge in [-0.25, -0.2) is 17.5 Å². The molecule has 0 fully saturated rings. The van der Waals surface area contributed by atoms with Crippen molar-refractivity contribution in [2.75, 3.05) is 6.54 Å². The first-order valence-corrected chi connectivity index (χ1v) is 9.40. The second kappa shape index (κ2) is 9.02. The average molecular weight is 420 g/mol. The van der Waals surface area contributed by atoms with Gasteiger partial charge in [0.1, 0.15) is 11.6 Å². The molecule has 0 aliphatic carbocycles. The highest BCUT2D eigenvalue weighted by Crippen LogP contribution is 2.22. The quantitative estimate of drug-likeness (QED) is 0.644. The number of hydrogen-bond donors (Lipinski definition) is 2. The van der Waals surface area contributed by atoms with E-state index in [1.165, 1.54) is 12.1 Å². The molecule has 0 unspecified atom stereocenters. The van der Waals surface area contributed by atoms with Gasteiger partial charge in [-0.2, -0.15) is 0 Å². The predicted octanol–water partition coefficient (Wildman–Crippen LogP) is 2.71. The zero-order valence-corrected chi connectivity index (χ0v) is 15.1. The molecule has 2 N–H and O–H groups in total. The van der Waals surface area contributed by atoms with E-state index in [4.69, 9.17) is 0 Å². The minimum absolute atomic E-state index is 0.0514. The molecule has 0 aliphatic heterocycles. The molecule has 0 radical (unpaired) electrons. The number of hydrogen-bond acceptors (Lipinski definition) is 4. The first-order valence-electron chi connectivity index (χ1n) is 7.92. The molecule has 0 bridgehead atoms. The third-order valence-electron chi connectivity index (χ3n) is 3.41. The fourth-order valence-corrected chi connectivity index (χ4v) is 3.13. The normalized spacial score (nSPS) is 11.9. The van der Waals surface area contributed by atoms with Gasteiger partial charge in [-0.15, -0.1) is 13.2 Å². The van der Waals surface area contributed by atoms with E-state index in [1.807, 2.05) is 0 Å². The lowest BCUT2D eigenvalue weighted by molar-refractivity contribution is -0.274. The molecule has 0 aromatic heterocycles. The Kier molecular flexibility index (Phi) is 6.97. The average Bonchev–Trinajstić information content (AvgIpc) is 2.60. The Morgan fingerprint density at radius 3 is 2.18 bits per heavy atom. The molecular weight excluding hydrogens is 404 g/mol. The van der Waals surface area contributed by atoms with E-state index < -0.39 is 28.1 Å². The van der Waals surface area contributed by atoms with Gasteiger partial charge in [0, 0.05) is 19.5 Å². The lowest BCUT2D eigenvalue weighted by atomic mass is 10.2. The van der Waals surface area contributed by atoms with Crippen LogP contribution in [-0.4, -0.2) is 27.2 Å². The van der Waals surface area contributed by atoms with Crippen LogP contribution < -0.4 is 14.8 Å². The van der Waals surface area contributed by atoms with E-state index >= 15 is 0 Å². The van der Waals surface area contributed by atoms with Crippen molar-refractivity contribution in [1.82, 2.24) is 10.0 Å². The molecule has 2 aromatic rings. The van der Waals surface area contributed by atoms with Crippen LogP contribution in [0.25, 0.3) is 0 Å². The Balaban J connectivity index is 1.76. The molecule has 0 saturated carbocycles. The Labute approximate surface area is 158 Å². The molecule has 2 aromatic carbocycles. The van der Waals surface area contributed by atoms with Crippen molar-refractivity contribution in [2.24, 2.45) is 0 Å². The number of nitrogens with one attached hydrogen (secondary N) is 2. The van der Waals surface area contributed by atoms with E-state index in [9.17, 15) is 30.8 Å². The number of benzene rings is 2. The van der Waals surface area contributed by atoms with Crippen molar-refractivity contribution < 1.29 is 35.5 Å². The number of carbonyl (C=O) groups excluding carboxylic acids is 1. The van der Waals surface area contributed by atoms with Gasteiger partial charge < -0.3 is 10.1 Å². The van der Waals surface area contributed by atoms with Gasteiger partial charge in [0.15, 0.2) is 0 Å². The third kappa shape index (κ3) is 7.16. The lowest BCUT2D eigenvalue weighted by Crippen LogP contribution is -2.30. The van der Waals surface area contributed by atoms with Crippen molar-refractivity contribution >= 4 is 15.9 Å². The van der Waals surface area contributed by atoms with Crippen LogP contribution in [0.15, 0.2) is 53.4 Å². The summed E-state index contributed by atoms with van der Waals surface area (Å²) in [5.74, 6) is -1.41. The summed E-state index contributed by atoms with van der Waals surface area (Å²) in [4.78, 5) is 11.6. The monoisotopic (exact) mass is 420 g/mol. The van der Waals surface area contributed by atoms with E-state index in [1.54, 1.807) is 0 Å².